The van der Waals surface area contributed by atoms with Gasteiger partial charge in [-0.05, 0) is 24.5 Å². The summed E-state index contributed by atoms with van der Waals surface area (Å²) in [6.45, 7) is 6.26. The van der Waals surface area contributed by atoms with Gasteiger partial charge in [-0.1, -0.05) is 83.9 Å². The lowest BCUT2D eigenvalue weighted by molar-refractivity contribution is 0.466. The van der Waals surface area contributed by atoms with Gasteiger partial charge >= 0.3 is 0 Å². The van der Waals surface area contributed by atoms with Gasteiger partial charge in [0.05, 0.1) is 0 Å². The van der Waals surface area contributed by atoms with E-state index in [9.17, 15) is 5.11 Å². The van der Waals surface area contributed by atoms with Gasteiger partial charge in [0.1, 0.15) is 5.75 Å². The Kier molecular flexibility index (Phi) is 12.8. The Hall–Kier alpha value is -0.980. The molecule has 1 aromatic carbocycles. The van der Waals surface area contributed by atoms with Crippen LogP contribution >= 0.6 is 0 Å². The first-order valence-electron chi connectivity index (χ1n) is 8.11. The monoisotopic (exact) mass is 264 g/mol. The van der Waals surface area contributed by atoms with E-state index in [0.717, 1.165) is 12.0 Å². The molecule has 1 rings (SSSR count). The second-order valence-electron chi connectivity index (χ2n) is 4.85. The van der Waals surface area contributed by atoms with Crippen molar-refractivity contribution in [1.29, 1.82) is 0 Å². The van der Waals surface area contributed by atoms with Gasteiger partial charge in [-0.3, -0.25) is 0 Å². The van der Waals surface area contributed by atoms with Crippen LogP contribution in [-0.2, 0) is 6.42 Å². The molecule has 0 fully saturated rings. The summed E-state index contributed by atoms with van der Waals surface area (Å²) in [5.74, 6) is 0.454. The third-order valence-electron chi connectivity index (χ3n) is 3.29. The Morgan fingerprint density at radius 1 is 0.789 bits per heavy atom. The quantitative estimate of drug-likeness (QED) is 0.534. The molecule has 1 heteroatoms. The Morgan fingerprint density at radius 2 is 1.32 bits per heavy atom. The molecule has 0 atom stereocenters. The van der Waals surface area contributed by atoms with Gasteiger partial charge in [-0.2, -0.15) is 0 Å². The molecule has 1 aromatic rings. The third kappa shape index (κ3) is 9.58. The highest BCUT2D eigenvalue weighted by Gasteiger charge is 1.98. The molecule has 0 spiro atoms. The van der Waals surface area contributed by atoms with E-state index in [2.05, 4.69) is 6.92 Å². The van der Waals surface area contributed by atoms with Crippen LogP contribution in [0.25, 0.3) is 0 Å². The second kappa shape index (κ2) is 13.5. The number of benzene rings is 1. The normalized spacial score (nSPS) is 9.84. The van der Waals surface area contributed by atoms with Crippen molar-refractivity contribution in [1.82, 2.24) is 0 Å². The van der Waals surface area contributed by atoms with Crippen molar-refractivity contribution >= 4 is 0 Å². The van der Waals surface area contributed by atoms with Crippen LogP contribution in [0.2, 0.25) is 0 Å². The van der Waals surface area contributed by atoms with E-state index in [1.54, 1.807) is 6.07 Å². The molecule has 0 bridgehead atoms. The predicted octanol–water partition coefficient (Wildman–Crippen LogP) is 6.10. The fourth-order valence-corrected chi connectivity index (χ4v) is 2.17. The number of hydrogen-bond acceptors (Lipinski definition) is 1. The Morgan fingerprint density at radius 3 is 1.89 bits per heavy atom. The Bertz CT molecular complexity index is 293. The number of aryl methyl sites for hydroxylation is 1. The number of unbranched alkanes of at least 4 members (excludes halogenated alkanes) is 7. The van der Waals surface area contributed by atoms with E-state index in [1.165, 1.54) is 51.4 Å². The van der Waals surface area contributed by atoms with Crippen molar-refractivity contribution in [2.24, 2.45) is 0 Å². The largest absolute Gasteiger partial charge is 0.508 e. The molecule has 0 aliphatic heterocycles. The summed E-state index contributed by atoms with van der Waals surface area (Å²) in [7, 11) is 0. The zero-order chi connectivity index (χ0) is 14.3. The summed E-state index contributed by atoms with van der Waals surface area (Å²) in [5, 5.41) is 9.61. The molecule has 1 N–H and O–H groups in total. The first-order chi connectivity index (χ1) is 9.34. The van der Waals surface area contributed by atoms with E-state index in [0.29, 0.717) is 5.75 Å². The minimum atomic E-state index is 0.454. The molecular weight excluding hydrogens is 232 g/mol. The topological polar surface area (TPSA) is 20.2 Å². The van der Waals surface area contributed by atoms with Crippen molar-refractivity contribution in [2.45, 2.75) is 78.6 Å². The Labute approximate surface area is 120 Å². The molecule has 0 unspecified atom stereocenters. The maximum atomic E-state index is 9.61. The summed E-state index contributed by atoms with van der Waals surface area (Å²) >= 11 is 0. The number of aromatic hydroxyl groups is 1. The average molecular weight is 264 g/mol. The lowest BCUT2D eigenvalue weighted by Gasteiger charge is -2.04. The summed E-state index contributed by atoms with van der Waals surface area (Å²) in [6.07, 6.45) is 11.7. The van der Waals surface area contributed by atoms with Gasteiger partial charge < -0.3 is 5.11 Å². The first kappa shape index (κ1) is 18.0. The highest BCUT2D eigenvalue weighted by atomic mass is 16.3. The maximum absolute atomic E-state index is 9.61. The van der Waals surface area contributed by atoms with Crippen LogP contribution in [0.5, 0.6) is 5.75 Å². The highest BCUT2D eigenvalue weighted by molar-refractivity contribution is 5.31. The highest BCUT2D eigenvalue weighted by Crippen LogP contribution is 2.18. The van der Waals surface area contributed by atoms with Crippen LogP contribution in [0.15, 0.2) is 24.3 Å². The predicted molar refractivity (Wildman–Crippen MR) is 85.8 cm³/mol. The average Bonchev–Trinajstić information content (AvgIpc) is 2.46. The Balaban J connectivity index is 0.00000154. The fraction of sp³-hybridized carbons (Fsp3) is 0.667. The van der Waals surface area contributed by atoms with Crippen molar-refractivity contribution in [2.75, 3.05) is 0 Å². The molecule has 0 heterocycles. The molecule has 0 radical (unpaired) electrons. The van der Waals surface area contributed by atoms with Crippen LogP contribution in [0.4, 0.5) is 0 Å². The molecule has 0 saturated heterocycles. The van der Waals surface area contributed by atoms with E-state index in [1.807, 2.05) is 32.0 Å². The van der Waals surface area contributed by atoms with Gasteiger partial charge in [0.15, 0.2) is 0 Å². The number of para-hydroxylation sites is 1. The van der Waals surface area contributed by atoms with Crippen LogP contribution in [-0.4, -0.2) is 5.11 Å². The van der Waals surface area contributed by atoms with Crippen molar-refractivity contribution < 1.29 is 5.11 Å². The molecule has 110 valence electrons. The number of phenols is 1. The summed E-state index contributed by atoms with van der Waals surface area (Å²) in [4.78, 5) is 0. The first-order valence-corrected chi connectivity index (χ1v) is 8.11. The van der Waals surface area contributed by atoms with Crippen LogP contribution in [0.3, 0.4) is 0 Å². The van der Waals surface area contributed by atoms with E-state index in [-0.39, 0.29) is 0 Å². The summed E-state index contributed by atoms with van der Waals surface area (Å²) in [5.41, 5.74) is 1.10. The zero-order valence-electron chi connectivity index (χ0n) is 13.1. The zero-order valence-corrected chi connectivity index (χ0v) is 13.1. The molecule has 1 nitrogen and oxygen atoms in total. The standard InChI is InChI=1S/C16H26O.C2H6/c1-2-3-4-5-6-7-8-9-12-15-13-10-11-14-16(15)17;1-2/h10-11,13-14,17H,2-9,12H2,1H3;1-2H3. The van der Waals surface area contributed by atoms with E-state index < -0.39 is 0 Å². The minimum Gasteiger partial charge on any atom is -0.508 e. The molecule has 0 aliphatic rings. The second-order valence-corrected chi connectivity index (χ2v) is 4.85. The van der Waals surface area contributed by atoms with Gasteiger partial charge in [0.25, 0.3) is 0 Å². The number of rotatable bonds is 9. The summed E-state index contributed by atoms with van der Waals surface area (Å²) < 4.78 is 0. The molecule has 0 amide bonds. The van der Waals surface area contributed by atoms with E-state index >= 15 is 0 Å². The summed E-state index contributed by atoms with van der Waals surface area (Å²) in [6, 6.07) is 7.68. The van der Waals surface area contributed by atoms with Crippen LogP contribution < -0.4 is 0 Å². The van der Waals surface area contributed by atoms with Crippen molar-refractivity contribution in [3.8, 4) is 5.75 Å². The van der Waals surface area contributed by atoms with Crippen molar-refractivity contribution in [3.05, 3.63) is 29.8 Å². The van der Waals surface area contributed by atoms with Crippen LogP contribution in [0.1, 0.15) is 77.7 Å². The minimum absolute atomic E-state index is 0.454. The fourth-order valence-electron chi connectivity index (χ4n) is 2.17. The lowest BCUT2D eigenvalue weighted by Crippen LogP contribution is -1.87. The van der Waals surface area contributed by atoms with Gasteiger partial charge in [0, 0.05) is 0 Å². The van der Waals surface area contributed by atoms with E-state index in [4.69, 9.17) is 0 Å². The molecule has 0 aliphatic carbocycles. The number of hydrogen-bond donors (Lipinski definition) is 1. The SMILES string of the molecule is CC.CCCCCCCCCCc1ccccc1O. The lowest BCUT2D eigenvalue weighted by atomic mass is 10.0. The molecule has 19 heavy (non-hydrogen) atoms. The molecular formula is C18H32O. The van der Waals surface area contributed by atoms with Crippen LogP contribution in [0, 0.1) is 0 Å². The van der Waals surface area contributed by atoms with Gasteiger partial charge in [0.2, 0.25) is 0 Å². The van der Waals surface area contributed by atoms with Gasteiger partial charge in [-0.15, -0.1) is 0 Å². The van der Waals surface area contributed by atoms with Gasteiger partial charge in [-0.25, -0.2) is 0 Å². The third-order valence-corrected chi connectivity index (χ3v) is 3.29. The van der Waals surface area contributed by atoms with Crippen molar-refractivity contribution in [3.63, 3.8) is 0 Å². The molecule has 0 aromatic heterocycles. The maximum Gasteiger partial charge on any atom is 0.118 e. The smallest absolute Gasteiger partial charge is 0.118 e. The molecule has 0 saturated carbocycles. The number of phenolic OH excluding ortho intramolecular Hbond substituents is 1.